The number of rotatable bonds is 5. The molecule has 1 aliphatic carbocycles. The van der Waals surface area contributed by atoms with Gasteiger partial charge in [0, 0.05) is 13.0 Å². The zero-order valence-corrected chi connectivity index (χ0v) is 9.34. The van der Waals surface area contributed by atoms with Gasteiger partial charge in [0.05, 0.1) is 6.10 Å². The molecule has 1 fully saturated rings. The Morgan fingerprint density at radius 1 is 1.46 bits per heavy atom. The normalized spacial score (nSPS) is 20.9. The summed E-state index contributed by atoms with van der Waals surface area (Å²) in [6.07, 6.45) is 6.75. The molecule has 0 aliphatic heterocycles. The van der Waals surface area contributed by atoms with Gasteiger partial charge in [-0.2, -0.15) is 0 Å². The summed E-state index contributed by atoms with van der Waals surface area (Å²) in [5, 5.41) is 0. The summed E-state index contributed by atoms with van der Waals surface area (Å²) in [7, 11) is 1.84. The first kappa shape index (κ1) is 10.8. The number of hydrogen-bond donors (Lipinski definition) is 0. The monoisotopic (exact) mass is 182 g/mol. The lowest BCUT2D eigenvalue weighted by atomic mass is 9.93. The van der Waals surface area contributed by atoms with Crippen molar-refractivity contribution < 1.29 is 4.74 Å². The highest BCUT2D eigenvalue weighted by Gasteiger charge is 2.34. The second kappa shape index (κ2) is 4.80. The number of methoxy groups -OCH3 is 1. The highest BCUT2D eigenvalue weighted by Crippen LogP contribution is 2.41. The molecule has 1 unspecified atom stereocenters. The van der Waals surface area contributed by atoms with Gasteiger partial charge in [0.25, 0.3) is 0 Å². The maximum absolute atomic E-state index is 5.52. The van der Waals surface area contributed by atoms with Crippen LogP contribution in [0.3, 0.4) is 0 Å². The summed E-state index contributed by atoms with van der Waals surface area (Å²) in [6.45, 7) is 6.57. The second-order valence-corrected chi connectivity index (χ2v) is 4.34. The minimum Gasteiger partial charge on any atom is -0.381 e. The highest BCUT2D eigenvalue weighted by atomic mass is 16.5. The van der Waals surface area contributed by atoms with Crippen LogP contribution in [0.25, 0.3) is 0 Å². The van der Waals surface area contributed by atoms with Crippen molar-refractivity contribution in [3.8, 4) is 0 Å². The molecular formula is C12H22O. The largest absolute Gasteiger partial charge is 0.381 e. The third-order valence-corrected chi connectivity index (χ3v) is 2.83. The molecule has 0 aromatic carbocycles. The van der Waals surface area contributed by atoms with E-state index >= 15 is 0 Å². The first-order valence-corrected chi connectivity index (χ1v) is 5.36. The van der Waals surface area contributed by atoms with E-state index in [1.807, 2.05) is 7.11 Å². The SMILES string of the molecule is CC[C@H](OC)C(C=C(C)C)C1CC1. The predicted octanol–water partition coefficient (Wildman–Crippen LogP) is 3.40. The zero-order chi connectivity index (χ0) is 9.84. The van der Waals surface area contributed by atoms with E-state index in [0.717, 1.165) is 12.3 Å². The number of ether oxygens (including phenoxy) is 1. The van der Waals surface area contributed by atoms with E-state index in [9.17, 15) is 0 Å². The van der Waals surface area contributed by atoms with Gasteiger partial charge in [-0.25, -0.2) is 0 Å². The molecular weight excluding hydrogens is 160 g/mol. The maximum Gasteiger partial charge on any atom is 0.0634 e. The van der Waals surface area contributed by atoms with E-state index in [-0.39, 0.29) is 0 Å². The van der Waals surface area contributed by atoms with Crippen LogP contribution >= 0.6 is 0 Å². The average molecular weight is 182 g/mol. The zero-order valence-electron chi connectivity index (χ0n) is 9.34. The van der Waals surface area contributed by atoms with Gasteiger partial charge >= 0.3 is 0 Å². The summed E-state index contributed by atoms with van der Waals surface area (Å²) in [5.41, 5.74) is 1.42. The fourth-order valence-electron chi connectivity index (χ4n) is 2.01. The third kappa shape index (κ3) is 3.15. The van der Waals surface area contributed by atoms with Crippen LogP contribution in [0.2, 0.25) is 0 Å². The van der Waals surface area contributed by atoms with Gasteiger partial charge in [-0.1, -0.05) is 18.6 Å². The van der Waals surface area contributed by atoms with E-state index in [4.69, 9.17) is 4.74 Å². The van der Waals surface area contributed by atoms with Crippen LogP contribution in [0, 0.1) is 11.8 Å². The van der Waals surface area contributed by atoms with Gasteiger partial charge in [0.15, 0.2) is 0 Å². The molecule has 0 heterocycles. The number of allylic oxidation sites excluding steroid dienone is 1. The Balaban J connectivity index is 2.59. The van der Waals surface area contributed by atoms with Crippen LogP contribution in [0.15, 0.2) is 11.6 Å². The molecule has 0 N–H and O–H groups in total. The molecule has 1 aliphatic rings. The molecule has 1 rings (SSSR count). The predicted molar refractivity (Wildman–Crippen MR) is 56.7 cm³/mol. The Labute approximate surface area is 82.2 Å². The van der Waals surface area contributed by atoms with Gasteiger partial charge in [-0.15, -0.1) is 0 Å². The molecule has 76 valence electrons. The van der Waals surface area contributed by atoms with Crippen LogP contribution in [-0.4, -0.2) is 13.2 Å². The topological polar surface area (TPSA) is 9.23 Å². The van der Waals surface area contributed by atoms with Gasteiger partial charge in [-0.05, 0) is 39.0 Å². The van der Waals surface area contributed by atoms with Crippen molar-refractivity contribution in [1.82, 2.24) is 0 Å². The Morgan fingerprint density at radius 2 is 2.08 bits per heavy atom. The molecule has 1 nitrogen and oxygen atoms in total. The molecule has 0 saturated heterocycles. The van der Waals surface area contributed by atoms with Crippen molar-refractivity contribution >= 4 is 0 Å². The van der Waals surface area contributed by atoms with Crippen LogP contribution in [0.5, 0.6) is 0 Å². The number of hydrogen-bond acceptors (Lipinski definition) is 1. The molecule has 13 heavy (non-hydrogen) atoms. The Morgan fingerprint density at radius 3 is 2.38 bits per heavy atom. The lowest BCUT2D eigenvalue weighted by Crippen LogP contribution is -2.22. The summed E-state index contributed by atoms with van der Waals surface area (Å²) < 4.78 is 5.52. The van der Waals surface area contributed by atoms with Gasteiger partial charge in [0.1, 0.15) is 0 Å². The molecule has 0 aromatic heterocycles. The van der Waals surface area contributed by atoms with E-state index in [2.05, 4.69) is 26.8 Å². The maximum atomic E-state index is 5.52. The highest BCUT2D eigenvalue weighted by molar-refractivity contribution is 5.04. The summed E-state index contributed by atoms with van der Waals surface area (Å²) in [5.74, 6) is 1.57. The van der Waals surface area contributed by atoms with Gasteiger partial charge < -0.3 is 4.74 Å². The van der Waals surface area contributed by atoms with E-state index in [1.54, 1.807) is 0 Å². The Hall–Kier alpha value is -0.300. The van der Waals surface area contributed by atoms with E-state index in [1.165, 1.54) is 18.4 Å². The Kier molecular flexibility index (Phi) is 3.98. The van der Waals surface area contributed by atoms with E-state index in [0.29, 0.717) is 12.0 Å². The molecule has 0 bridgehead atoms. The minimum atomic E-state index is 0.433. The smallest absolute Gasteiger partial charge is 0.0634 e. The lowest BCUT2D eigenvalue weighted by molar-refractivity contribution is 0.0579. The molecule has 0 aromatic rings. The van der Waals surface area contributed by atoms with E-state index < -0.39 is 0 Å². The lowest BCUT2D eigenvalue weighted by Gasteiger charge is -2.22. The van der Waals surface area contributed by atoms with Crippen molar-refractivity contribution in [2.24, 2.45) is 11.8 Å². The van der Waals surface area contributed by atoms with Gasteiger partial charge in [0.2, 0.25) is 0 Å². The molecule has 1 heteroatoms. The molecule has 1 saturated carbocycles. The van der Waals surface area contributed by atoms with Crippen molar-refractivity contribution in [2.75, 3.05) is 7.11 Å². The quantitative estimate of drug-likeness (QED) is 0.592. The van der Waals surface area contributed by atoms with Crippen LogP contribution in [0.1, 0.15) is 40.0 Å². The van der Waals surface area contributed by atoms with Crippen molar-refractivity contribution in [1.29, 1.82) is 0 Å². The van der Waals surface area contributed by atoms with Crippen LogP contribution < -0.4 is 0 Å². The van der Waals surface area contributed by atoms with Crippen molar-refractivity contribution in [3.05, 3.63) is 11.6 Å². The molecule has 0 radical (unpaired) electrons. The molecule has 0 spiro atoms. The second-order valence-electron chi connectivity index (χ2n) is 4.34. The summed E-state index contributed by atoms with van der Waals surface area (Å²) in [6, 6.07) is 0. The third-order valence-electron chi connectivity index (χ3n) is 2.83. The first-order chi connectivity index (χ1) is 6.19. The fourth-order valence-corrected chi connectivity index (χ4v) is 2.01. The minimum absolute atomic E-state index is 0.433. The average Bonchev–Trinajstić information content (AvgIpc) is 2.86. The first-order valence-electron chi connectivity index (χ1n) is 5.36. The fraction of sp³-hybridized carbons (Fsp3) is 0.833. The van der Waals surface area contributed by atoms with Gasteiger partial charge in [-0.3, -0.25) is 0 Å². The standard InChI is InChI=1S/C12H22O/c1-5-12(13-4)11(8-9(2)3)10-6-7-10/h8,10-12H,5-7H2,1-4H3/t11?,12-/m0/s1. The molecule has 0 amide bonds. The molecule has 2 atom stereocenters. The van der Waals surface area contributed by atoms with Crippen LogP contribution in [-0.2, 0) is 4.74 Å². The Bertz CT molecular complexity index is 172. The van der Waals surface area contributed by atoms with Crippen LogP contribution in [0.4, 0.5) is 0 Å². The summed E-state index contributed by atoms with van der Waals surface area (Å²) in [4.78, 5) is 0. The van der Waals surface area contributed by atoms with Crippen molar-refractivity contribution in [3.63, 3.8) is 0 Å². The summed E-state index contributed by atoms with van der Waals surface area (Å²) >= 11 is 0. The van der Waals surface area contributed by atoms with Crippen molar-refractivity contribution in [2.45, 2.75) is 46.1 Å².